The molecule has 2 saturated heterocycles. The molecule has 0 saturated carbocycles. The fourth-order valence-electron chi connectivity index (χ4n) is 2.00. The molecule has 2 aliphatic heterocycles. The van der Waals surface area contributed by atoms with Crippen LogP contribution < -0.4 is 10.6 Å². The zero-order valence-electron chi connectivity index (χ0n) is 9.37. The Morgan fingerprint density at radius 2 is 1.88 bits per heavy atom. The van der Waals surface area contributed by atoms with Gasteiger partial charge in [0.25, 0.3) is 0 Å². The molecular weight excluding hydrogens is 208 g/mol. The third-order valence-corrected chi connectivity index (χ3v) is 3.02. The summed E-state index contributed by atoms with van der Waals surface area (Å²) in [4.78, 5) is 26.6. The third kappa shape index (κ3) is 2.93. The third-order valence-electron chi connectivity index (χ3n) is 3.02. The zero-order valence-corrected chi connectivity index (χ0v) is 9.37. The second-order valence-corrected chi connectivity index (χ2v) is 4.18. The summed E-state index contributed by atoms with van der Waals surface area (Å²) in [5.74, 6) is -0.0327. The lowest BCUT2D eigenvalue weighted by atomic mass is 10.3. The Balaban J connectivity index is 1.75. The minimum atomic E-state index is -0.0556. The van der Waals surface area contributed by atoms with E-state index in [2.05, 4.69) is 15.5 Å². The number of carbonyl (C=O) groups is 2. The van der Waals surface area contributed by atoms with Gasteiger partial charge in [0.15, 0.2) is 0 Å². The van der Waals surface area contributed by atoms with Crippen LogP contribution in [-0.2, 0) is 9.59 Å². The van der Waals surface area contributed by atoms with Crippen LogP contribution in [0.2, 0.25) is 0 Å². The van der Waals surface area contributed by atoms with Crippen molar-refractivity contribution in [3.63, 3.8) is 0 Å². The van der Waals surface area contributed by atoms with Crippen molar-refractivity contribution in [2.75, 3.05) is 52.4 Å². The molecule has 90 valence electrons. The van der Waals surface area contributed by atoms with Crippen LogP contribution in [0.1, 0.15) is 0 Å². The van der Waals surface area contributed by atoms with E-state index in [0.717, 1.165) is 32.7 Å². The minimum absolute atomic E-state index is 0.0229. The van der Waals surface area contributed by atoms with Gasteiger partial charge >= 0.3 is 0 Å². The molecule has 2 amide bonds. The quantitative estimate of drug-likeness (QED) is 0.576. The molecule has 0 atom stereocenters. The first-order chi connectivity index (χ1) is 7.75. The normalized spacial score (nSPS) is 23.4. The minimum Gasteiger partial charge on any atom is -0.345 e. The van der Waals surface area contributed by atoms with Crippen LogP contribution in [-0.4, -0.2) is 74.0 Å². The Morgan fingerprint density at radius 1 is 1.12 bits per heavy atom. The first kappa shape index (κ1) is 11.3. The molecule has 0 aromatic heterocycles. The molecule has 6 nitrogen and oxygen atoms in total. The van der Waals surface area contributed by atoms with E-state index < -0.39 is 0 Å². The van der Waals surface area contributed by atoms with Crippen molar-refractivity contribution in [3.8, 4) is 0 Å². The van der Waals surface area contributed by atoms with Crippen molar-refractivity contribution in [1.29, 1.82) is 0 Å². The molecule has 2 aliphatic rings. The van der Waals surface area contributed by atoms with Gasteiger partial charge in [-0.2, -0.15) is 0 Å². The average Bonchev–Trinajstić information content (AvgIpc) is 2.32. The summed E-state index contributed by atoms with van der Waals surface area (Å²) in [6, 6.07) is 0. The Labute approximate surface area is 95.0 Å². The number of piperazine rings is 2. The van der Waals surface area contributed by atoms with Crippen LogP contribution in [0.3, 0.4) is 0 Å². The predicted octanol–water partition coefficient (Wildman–Crippen LogP) is -2.15. The summed E-state index contributed by atoms with van der Waals surface area (Å²) in [6.07, 6.45) is 0. The summed E-state index contributed by atoms with van der Waals surface area (Å²) < 4.78 is 0. The second kappa shape index (κ2) is 5.27. The number of amides is 2. The molecule has 2 heterocycles. The lowest BCUT2D eigenvalue weighted by molar-refractivity contribution is -0.140. The van der Waals surface area contributed by atoms with Crippen LogP contribution in [0.5, 0.6) is 0 Å². The summed E-state index contributed by atoms with van der Waals surface area (Å²) in [5.41, 5.74) is 0. The van der Waals surface area contributed by atoms with Gasteiger partial charge in [0.2, 0.25) is 11.8 Å². The highest BCUT2D eigenvalue weighted by molar-refractivity contribution is 5.92. The highest BCUT2D eigenvalue weighted by atomic mass is 16.2. The van der Waals surface area contributed by atoms with Crippen LogP contribution in [0.4, 0.5) is 0 Å². The molecular formula is C10H18N4O2. The molecule has 2 N–H and O–H groups in total. The van der Waals surface area contributed by atoms with Gasteiger partial charge in [0.05, 0.1) is 13.1 Å². The molecule has 0 unspecified atom stereocenters. The fraction of sp³-hybridized carbons (Fsp3) is 0.800. The van der Waals surface area contributed by atoms with Gasteiger partial charge in [-0.15, -0.1) is 0 Å². The SMILES string of the molecule is O=C1CN(CCN2CCNCC2)C(=O)CN1. The number of nitrogens with one attached hydrogen (secondary N) is 2. The van der Waals surface area contributed by atoms with Gasteiger partial charge in [-0.05, 0) is 0 Å². The van der Waals surface area contributed by atoms with Gasteiger partial charge < -0.3 is 15.5 Å². The van der Waals surface area contributed by atoms with Gasteiger partial charge in [-0.25, -0.2) is 0 Å². The van der Waals surface area contributed by atoms with Crippen molar-refractivity contribution in [2.24, 2.45) is 0 Å². The highest BCUT2D eigenvalue weighted by Gasteiger charge is 2.23. The molecule has 0 aromatic rings. The molecule has 2 fully saturated rings. The monoisotopic (exact) mass is 226 g/mol. The Hall–Kier alpha value is -1.14. The van der Waals surface area contributed by atoms with Crippen molar-refractivity contribution < 1.29 is 9.59 Å². The van der Waals surface area contributed by atoms with Gasteiger partial charge in [0, 0.05) is 39.3 Å². The summed E-state index contributed by atoms with van der Waals surface area (Å²) >= 11 is 0. The number of hydrogen-bond acceptors (Lipinski definition) is 4. The van der Waals surface area contributed by atoms with Crippen molar-refractivity contribution in [1.82, 2.24) is 20.4 Å². The molecule has 0 aliphatic carbocycles. The highest BCUT2D eigenvalue weighted by Crippen LogP contribution is 1.98. The zero-order chi connectivity index (χ0) is 11.4. The molecule has 2 rings (SSSR count). The predicted molar refractivity (Wildman–Crippen MR) is 58.9 cm³/mol. The average molecular weight is 226 g/mol. The first-order valence-corrected chi connectivity index (χ1v) is 5.73. The molecule has 0 aromatic carbocycles. The number of rotatable bonds is 3. The van der Waals surface area contributed by atoms with Crippen LogP contribution in [0.25, 0.3) is 0 Å². The van der Waals surface area contributed by atoms with Crippen LogP contribution in [0.15, 0.2) is 0 Å². The van der Waals surface area contributed by atoms with Gasteiger partial charge in [-0.1, -0.05) is 0 Å². The number of nitrogens with zero attached hydrogens (tertiary/aromatic N) is 2. The lowest BCUT2D eigenvalue weighted by Crippen LogP contribution is -2.54. The standard InChI is InChI=1S/C10H18N4O2/c15-9-8-14(10(16)7-12-9)6-5-13-3-1-11-2-4-13/h11H,1-8H2,(H,12,15). The van der Waals surface area contributed by atoms with E-state index in [4.69, 9.17) is 0 Å². The maximum Gasteiger partial charge on any atom is 0.242 e. The molecule has 0 spiro atoms. The second-order valence-electron chi connectivity index (χ2n) is 4.18. The van der Waals surface area contributed by atoms with Crippen molar-refractivity contribution in [3.05, 3.63) is 0 Å². The Morgan fingerprint density at radius 3 is 2.62 bits per heavy atom. The number of hydrogen-bond donors (Lipinski definition) is 2. The summed E-state index contributed by atoms with van der Waals surface area (Å²) in [5, 5.41) is 5.83. The van der Waals surface area contributed by atoms with Crippen molar-refractivity contribution >= 4 is 11.8 Å². The molecule has 0 radical (unpaired) electrons. The van der Waals surface area contributed by atoms with Crippen molar-refractivity contribution in [2.45, 2.75) is 0 Å². The van der Waals surface area contributed by atoms with E-state index in [9.17, 15) is 9.59 Å². The van der Waals surface area contributed by atoms with Crippen LogP contribution >= 0.6 is 0 Å². The molecule has 0 bridgehead atoms. The number of carbonyl (C=O) groups excluding carboxylic acids is 2. The summed E-state index contributed by atoms with van der Waals surface area (Å²) in [6.45, 7) is 5.95. The van der Waals surface area contributed by atoms with E-state index in [1.807, 2.05) is 0 Å². The smallest absolute Gasteiger partial charge is 0.242 e. The fourth-order valence-corrected chi connectivity index (χ4v) is 2.00. The molecule has 16 heavy (non-hydrogen) atoms. The maximum atomic E-state index is 11.5. The Bertz CT molecular complexity index is 276. The molecule has 6 heteroatoms. The summed E-state index contributed by atoms with van der Waals surface area (Å²) in [7, 11) is 0. The lowest BCUT2D eigenvalue weighted by Gasteiger charge is -2.31. The largest absolute Gasteiger partial charge is 0.345 e. The van der Waals surface area contributed by atoms with Gasteiger partial charge in [-0.3, -0.25) is 14.5 Å². The van der Waals surface area contributed by atoms with Crippen LogP contribution in [0, 0.1) is 0 Å². The first-order valence-electron chi connectivity index (χ1n) is 5.73. The topological polar surface area (TPSA) is 64.7 Å². The van der Waals surface area contributed by atoms with E-state index in [1.165, 1.54) is 0 Å². The Kier molecular flexibility index (Phi) is 3.74. The maximum absolute atomic E-state index is 11.5. The van der Waals surface area contributed by atoms with E-state index in [-0.39, 0.29) is 24.9 Å². The van der Waals surface area contributed by atoms with E-state index >= 15 is 0 Å². The van der Waals surface area contributed by atoms with E-state index in [0.29, 0.717) is 6.54 Å². The van der Waals surface area contributed by atoms with Gasteiger partial charge in [0.1, 0.15) is 0 Å². The van der Waals surface area contributed by atoms with E-state index in [1.54, 1.807) is 4.90 Å².